The molecule has 12 heavy (non-hydrogen) atoms. The van der Waals surface area contributed by atoms with Crippen molar-refractivity contribution >= 4 is 9.84 Å². The number of sulfone groups is 1. The van der Waals surface area contributed by atoms with E-state index in [0.717, 1.165) is 32.1 Å². The van der Waals surface area contributed by atoms with Crippen molar-refractivity contribution in [2.45, 2.75) is 49.5 Å². The molecule has 2 fully saturated rings. The molecule has 0 aromatic rings. The van der Waals surface area contributed by atoms with Crippen LogP contribution in [0, 0.1) is 5.92 Å². The zero-order valence-electron chi connectivity index (χ0n) is 7.49. The average molecular weight is 188 g/mol. The standard InChI is InChI=1S/C9H16O2S/c1-7-5-8-3-2-4-9(6-7)12(8,10)11/h7-9H,2-6H2,1H3. The molecule has 0 spiro atoms. The highest BCUT2D eigenvalue weighted by Gasteiger charge is 2.42. The molecule has 2 aliphatic heterocycles. The van der Waals surface area contributed by atoms with Gasteiger partial charge >= 0.3 is 0 Å². The van der Waals surface area contributed by atoms with Gasteiger partial charge < -0.3 is 0 Å². The fourth-order valence-electron chi connectivity index (χ4n) is 2.67. The lowest BCUT2D eigenvalue weighted by Gasteiger charge is -2.37. The molecule has 0 aliphatic carbocycles. The van der Waals surface area contributed by atoms with Crippen molar-refractivity contribution in [3.63, 3.8) is 0 Å². The molecule has 2 heterocycles. The van der Waals surface area contributed by atoms with Crippen molar-refractivity contribution in [3.05, 3.63) is 0 Å². The summed E-state index contributed by atoms with van der Waals surface area (Å²) in [7, 11) is -2.70. The molecule has 0 aromatic carbocycles. The van der Waals surface area contributed by atoms with E-state index >= 15 is 0 Å². The van der Waals surface area contributed by atoms with Crippen LogP contribution in [0.2, 0.25) is 0 Å². The van der Waals surface area contributed by atoms with Gasteiger partial charge in [-0.05, 0) is 31.6 Å². The summed E-state index contributed by atoms with van der Waals surface area (Å²) in [6.45, 7) is 2.18. The van der Waals surface area contributed by atoms with Gasteiger partial charge in [0.1, 0.15) is 0 Å². The minimum Gasteiger partial charge on any atom is -0.228 e. The van der Waals surface area contributed by atoms with E-state index in [9.17, 15) is 8.42 Å². The molecule has 2 unspecified atom stereocenters. The lowest BCUT2D eigenvalue weighted by atomic mass is 9.91. The maximum Gasteiger partial charge on any atom is 0.156 e. The lowest BCUT2D eigenvalue weighted by Crippen LogP contribution is -2.42. The van der Waals surface area contributed by atoms with Gasteiger partial charge in [-0.3, -0.25) is 0 Å². The molecule has 0 N–H and O–H groups in total. The summed E-state index contributed by atoms with van der Waals surface area (Å²) in [6.07, 6.45) is 4.80. The summed E-state index contributed by atoms with van der Waals surface area (Å²) >= 11 is 0. The van der Waals surface area contributed by atoms with E-state index in [1.807, 2.05) is 0 Å². The van der Waals surface area contributed by atoms with Crippen molar-refractivity contribution in [1.29, 1.82) is 0 Å². The highest BCUT2D eigenvalue weighted by Crippen LogP contribution is 2.38. The van der Waals surface area contributed by atoms with Gasteiger partial charge in [-0.1, -0.05) is 13.3 Å². The molecule has 0 radical (unpaired) electrons. The highest BCUT2D eigenvalue weighted by atomic mass is 32.2. The first-order chi connectivity index (χ1) is 5.60. The van der Waals surface area contributed by atoms with Crippen LogP contribution in [-0.4, -0.2) is 18.9 Å². The Morgan fingerprint density at radius 2 is 1.58 bits per heavy atom. The largest absolute Gasteiger partial charge is 0.228 e. The second-order valence-electron chi connectivity index (χ2n) is 4.34. The number of hydrogen-bond donors (Lipinski definition) is 0. The maximum atomic E-state index is 11.7. The first-order valence-corrected chi connectivity index (χ1v) is 6.44. The van der Waals surface area contributed by atoms with Gasteiger partial charge in [-0.25, -0.2) is 8.42 Å². The smallest absolute Gasteiger partial charge is 0.156 e. The Morgan fingerprint density at radius 1 is 1.08 bits per heavy atom. The number of fused-ring (bicyclic) bond motifs is 2. The van der Waals surface area contributed by atoms with Gasteiger partial charge in [0, 0.05) is 0 Å². The third kappa shape index (κ3) is 1.18. The van der Waals surface area contributed by atoms with Crippen LogP contribution in [0.25, 0.3) is 0 Å². The van der Waals surface area contributed by atoms with Crippen molar-refractivity contribution in [1.82, 2.24) is 0 Å². The van der Waals surface area contributed by atoms with Crippen molar-refractivity contribution in [2.75, 3.05) is 0 Å². The van der Waals surface area contributed by atoms with Crippen LogP contribution in [0.1, 0.15) is 39.0 Å². The van der Waals surface area contributed by atoms with Gasteiger partial charge in [0.2, 0.25) is 0 Å². The fraction of sp³-hybridized carbons (Fsp3) is 1.00. The molecule has 0 amide bonds. The molecule has 2 atom stereocenters. The monoisotopic (exact) mass is 188 g/mol. The van der Waals surface area contributed by atoms with E-state index in [4.69, 9.17) is 0 Å². The van der Waals surface area contributed by atoms with Crippen LogP contribution < -0.4 is 0 Å². The Morgan fingerprint density at radius 3 is 2.08 bits per heavy atom. The second-order valence-corrected chi connectivity index (χ2v) is 6.85. The van der Waals surface area contributed by atoms with E-state index in [-0.39, 0.29) is 10.5 Å². The van der Waals surface area contributed by atoms with Crippen LogP contribution >= 0.6 is 0 Å². The molecule has 2 aliphatic rings. The number of rotatable bonds is 0. The van der Waals surface area contributed by atoms with Crippen LogP contribution in [0.4, 0.5) is 0 Å². The van der Waals surface area contributed by atoms with Gasteiger partial charge in [-0.2, -0.15) is 0 Å². The molecule has 70 valence electrons. The Labute approximate surface area is 74.3 Å². The van der Waals surface area contributed by atoms with E-state index in [0.29, 0.717) is 5.92 Å². The molecule has 0 saturated carbocycles. The molecule has 2 rings (SSSR count). The van der Waals surface area contributed by atoms with Gasteiger partial charge in [0.15, 0.2) is 9.84 Å². The summed E-state index contributed by atoms with van der Waals surface area (Å²) < 4.78 is 23.5. The first kappa shape index (κ1) is 8.54. The molecule has 2 nitrogen and oxygen atoms in total. The quantitative estimate of drug-likeness (QED) is 0.580. The van der Waals surface area contributed by atoms with E-state index in [1.165, 1.54) is 0 Å². The third-order valence-electron chi connectivity index (χ3n) is 3.31. The van der Waals surface area contributed by atoms with Crippen LogP contribution in [0.5, 0.6) is 0 Å². The maximum absolute atomic E-state index is 11.7. The summed E-state index contributed by atoms with van der Waals surface area (Å²) in [5.41, 5.74) is 0. The van der Waals surface area contributed by atoms with Crippen molar-refractivity contribution < 1.29 is 8.42 Å². The van der Waals surface area contributed by atoms with Gasteiger partial charge in [0.25, 0.3) is 0 Å². The molecular weight excluding hydrogens is 172 g/mol. The van der Waals surface area contributed by atoms with E-state index in [2.05, 4.69) is 6.92 Å². The topological polar surface area (TPSA) is 34.1 Å². The summed E-state index contributed by atoms with van der Waals surface area (Å²) in [4.78, 5) is 0. The molecular formula is C9H16O2S. The lowest BCUT2D eigenvalue weighted by molar-refractivity contribution is 0.361. The van der Waals surface area contributed by atoms with E-state index in [1.54, 1.807) is 0 Å². The van der Waals surface area contributed by atoms with Crippen LogP contribution in [-0.2, 0) is 9.84 Å². The SMILES string of the molecule is CC1CC2CCCC(C1)S2(=O)=O. The van der Waals surface area contributed by atoms with Gasteiger partial charge in [0.05, 0.1) is 10.5 Å². The minimum atomic E-state index is -2.70. The zero-order valence-corrected chi connectivity index (χ0v) is 8.31. The Kier molecular flexibility index (Phi) is 1.94. The van der Waals surface area contributed by atoms with Crippen molar-refractivity contribution in [2.24, 2.45) is 5.92 Å². The molecule has 3 heteroatoms. The summed E-state index contributed by atoms with van der Waals surface area (Å²) in [5.74, 6) is 0.629. The number of hydrogen-bond acceptors (Lipinski definition) is 2. The Hall–Kier alpha value is -0.0500. The second kappa shape index (κ2) is 2.72. The molecule has 2 saturated heterocycles. The average Bonchev–Trinajstić information content (AvgIpc) is 1.92. The molecule has 0 aromatic heterocycles. The summed E-state index contributed by atoms with van der Waals surface area (Å²) in [6, 6.07) is 0. The predicted molar refractivity (Wildman–Crippen MR) is 48.7 cm³/mol. The molecule has 2 bridgehead atoms. The van der Waals surface area contributed by atoms with Crippen LogP contribution in [0.15, 0.2) is 0 Å². The first-order valence-electron chi connectivity index (χ1n) is 4.83. The zero-order chi connectivity index (χ0) is 8.77. The predicted octanol–water partition coefficient (Wildman–Crippen LogP) is 1.75. The Balaban J connectivity index is 2.30. The highest BCUT2D eigenvalue weighted by molar-refractivity contribution is 7.92. The summed E-state index contributed by atoms with van der Waals surface area (Å²) in [5, 5.41) is 0.0278. The van der Waals surface area contributed by atoms with E-state index < -0.39 is 9.84 Å². The minimum absolute atomic E-state index is 0.0139. The Bertz CT molecular complexity index is 248. The van der Waals surface area contributed by atoms with Crippen molar-refractivity contribution in [3.8, 4) is 0 Å². The van der Waals surface area contributed by atoms with Crippen LogP contribution in [0.3, 0.4) is 0 Å². The third-order valence-corrected chi connectivity index (χ3v) is 6.03. The fourth-order valence-corrected chi connectivity index (χ4v) is 5.40. The van der Waals surface area contributed by atoms with Gasteiger partial charge in [-0.15, -0.1) is 0 Å². The normalized spacial score (nSPS) is 45.6.